The summed E-state index contributed by atoms with van der Waals surface area (Å²) < 4.78 is 4.86. The number of hydrogen-bond donors (Lipinski definition) is 0. The minimum Gasteiger partial charge on any atom is -0.465 e. The van der Waals surface area contributed by atoms with E-state index in [0.29, 0.717) is 5.56 Å². The predicted octanol–water partition coefficient (Wildman–Crippen LogP) is 2.74. The molecule has 19 heavy (non-hydrogen) atoms. The second kappa shape index (κ2) is 6.69. The van der Waals surface area contributed by atoms with E-state index in [0.717, 1.165) is 0 Å². The molecule has 1 atom stereocenters. The van der Waals surface area contributed by atoms with Gasteiger partial charge in [-0.25, -0.2) is 0 Å². The van der Waals surface area contributed by atoms with Gasteiger partial charge in [-0.3, -0.25) is 9.59 Å². The van der Waals surface area contributed by atoms with Crippen LogP contribution < -0.4 is 0 Å². The van der Waals surface area contributed by atoms with Gasteiger partial charge < -0.3 is 4.74 Å². The topological polar surface area (TPSA) is 67.2 Å². The molecule has 0 amide bonds. The summed E-state index contributed by atoms with van der Waals surface area (Å²) in [5.74, 6) is -0.648. The summed E-state index contributed by atoms with van der Waals surface area (Å²) in [6.07, 6.45) is 0.308. The molecule has 4 nitrogen and oxygen atoms in total. The zero-order valence-electron chi connectivity index (χ0n) is 11.2. The van der Waals surface area contributed by atoms with Gasteiger partial charge in [0.05, 0.1) is 12.7 Å². The van der Waals surface area contributed by atoms with E-state index in [1.807, 2.05) is 12.1 Å². The number of Topliss-reactive ketones (excluding diaryl/α,β-unsaturated/α-hetero) is 1. The average Bonchev–Trinajstić information content (AvgIpc) is 2.45. The maximum atomic E-state index is 11.9. The maximum Gasteiger partial charge on any atom is 0.326 e. The van der Waals surface area contributed by atoms with Crippen molar-refractivity contribution in [2.24, 2.45) is 5.41 Å². The van der Waals surface area contributed by atoms with Crippen LogP contribution >= 0.6 is 0 Å². The van der Waals surface area contributed by atoms with Crippen molar-refractivity contribution in [1.82, 2.24) is 0 Å². The van der Waals surface area contributed by atoms with Crippen LogP contribution in [0.2, 0.25) is 0 Å². The van der Waals surface area contributed by atoms with Crippen molar-refractivity contribution in [1.29, 1.82) is 5.26 Å². The van der Waals surface area contributed by atoms with Crippen molar-refractivity contribution in [3.8, 4) is 6.07 Å². The molecule has 0 heterocycles. The first kappa shape index (κ1) is 14.9. The Labute approximate surface area is 113 Å². The maximum absolute atomic E-state index is 11.9. The highest BCUT2D eigenvalue weighted by Gasteiger charge is 2.35. The monoisotopic (exact) mass is 259 g/mol. The highest BCUT2D eigenvalue weighted by Crippen LogP contribution is 2.25. The molecule has 0 aromatic heterocycles. The highest BCUT2D eigenvalue weighted by molar-refractivity contribution is 5.96. The van der Waals surface area contributed by atoms with Crippen LogP contribution in [0.3, 0.4) is 0 Å². The van der Waals surface area contributed by atoms with Gasteiger partial charge in [-0.2, -0.15) is 5.26 Å². The van der Waals surface area contributed by atoms with Crippen molar-refractivity contribution in [2.75, 3.05) is 6.61 Å². The number of nitriles is 1. The molecule has 0 aliphatic carbocycles. The molecule has 0 aliphatic heterocycles. The zero-order chi connectivity index (χ0) is 14.3. The SMILES string of the molecule is CCOC(=O)C(C)(C#N)CCC(=O)c1ccccc1. The predicted molar refractivity (Wildman–Crippen MR) is 70.4 cm³/mol. The van der Waals surface area contributed by atoms with Gasteiger partial charge in [-0.15, -0.1) is 0 Å². The Morgan fingerprint density at radius 1 is 1.32 bits per heavy atom. The minimum absolute atomic E-state index is 0.0774. The molecule has 1 aromatic rings. The van der Waals surface area contributed by atoms with E-state index in [4.69, 9.17) is 10.00 Å². The number of esters is 1. The van der Waals surface area contributed by atoms with Crippen molar-refractivity contribution < 1.29 is 14.3 Å². The smallest absolute Gasteiger partial charge is 0.326 e. The van der Waals surface area contributed by atoms with Crippen LogP contribution in [0.15, 0.2) is 30.3 Å². The van der Waals surface area contributed by atoms with Gasteiger partial charge in [0.25, 0.3) is 0 Å². The number of benzene rings is 1. The average molecular weight is 259 g/mol. The summed E-state index contributed by atoms with van der Waals surface area (Å²) in [5.41, 5.74) is -0.674. The van der Waals surface area contributed by atoms with Gasteiger partial charge in [-0.1, -0.05) is 30.3 Å². The summed E-state index contributed by atoms with van der Waals surface area (Å²) in [6.45, 7) is 3.41. The van der Waals surface area contributed by atoms with Crippen molar-refractivity contribution in [3.05, 3.63) is 35.9 Å². The number of rotatable bonds is 6. The molecule has 0 aliphatic rings. The molecule has 0 saturated carbocycles. The number of carbonyl (C=O) groups is 2. The van der Waals surface area contributed by atoms with E-state index in [1.165, 1.54) is 6.92 Å². The lowest BCUT2D eigenvalue weighted by atomic mass is 9.85. The van der Waals surface area contributed by atoms with Crippen molar-refractivity contribution in [3.63, 3.8) is 0 Å². The first-order valence-electron chi connectivity index (χ1n) is 6.20. The number of ketones is 1. The van der Waals surface area contributed by atoms with Crippen LogP contribution in [0, 0.1) is 16.7 Å². The van der Waals surface area contributed by atoms with Crippen LogP contribution in [0.1, 0.15) is 37.0 Å². The van der Waals surface area contributed by atoms with Crippen LogP contribution in [-0.4, -0.2) is 18.4 Å². The third-order valence-corrected chi connectivity index (χ3v) is 2.92. The lowest BCUT2D eigenvalue weighted by Crippen LogP contribution is -2.29. The summed E-state index contributed by atoms with van der Waals surface area (Å²) in [5, 5.41) is 9.10. The first-order valence-corrected chi connectivity index (χ1v) is 6.20. The molecule has 0 saturated heterocycles. The molecule has 4 heteroatoms. The van der Waals surface area contributed by atoms with Crippen LogP contribution in [0.5, 0.6) is 0 Å². The van der Waals surface area contributed by atoms with E-state index in [-0.39, 0.29) is 25.2 Å². The largest absolute Gasteiger partial charge is 0.465 e. The second-order valence-electron chi connectivity index (χ2n) is 4.45. The van der Waals surface area contributed by atoms with E-state index in [2.05, 4.69) is 0 Å². The molecule has 1 aromatic carbocycles. The molecule has 0 bridgehead atoms. The van der Waals surface area contributed by atoms with Crippen LogP contribution in [-0.2, 0) is 9.53 Å². The second-order valence-corrected chi connectivity index (χ2v) is 4.45. The Balaban J connectivity index is 2.67. The molecule has 1 unspecified atom stereocenters. The number of carbonyl (C=O) groups excluding carboxylic acids is 2. The van der Waals surface area contributed by atoms with E-state index in [9.17, 15) is 9.59 Å². The normalized spacial score (nSPS) is 13.1. The molecule has 0 fully saturated rings. The van der Waals surface area contributed by atoms with Gasteiger partial charge in [0.1, 0.15) is 0 Å². The Morgan fingerprint density at radius 3 is 2.47 bits per heavy atom. The summed E-state index contributed by atoms with van der Waals surface area (Å²) >= 11 is 0. The fourth-order valence-electron chi connectivity index (χ4n) is 1.63. The van der Waals surface area contributed by atoms with Gasteiger partial charge in [-0.05, 0) is 20.3 Å². The molecular weight excluding hydrogens is 242 g/mol. The number of ether oxygens (including phenoxy) is 1. The van der Waals surface area contributed by atoms with Gasteiger partial charge in [0.15, 0.2) is 11.2 Å². The van der Waals surface area contributed by atoms with E-state index < -0.39 is 11.4 Å². The fraction of sp³-hybridized carbons (Fsp3) is 0.400. The fourth-order valence-corrected chi connectivity index (χ4v) is 1.63. The molecule has 1 rings (SSSR count). The van der Waals surface area contributed by atoms with E-state index >= 15 is 0 Å². The summed E-state index contributed by atoms with van der Waals surface area (Å²) in [6, 6.07) is 10.8. The summed E-state index contributed by atoms with van der Waals surface area (Å²) in [4.78, 5) is 23.6. The van der Waals surface area contributed by atoms with Gasteiger partial charge in [0, 0.05) is 12.0 Å². The molecule has 100 valence electrons. The molecule has 0 N–H and O–H groups in total. The Morgan fingerprint density at radius 2 is 1.95 bits per heavy atom. The van der Waals surface area contributed by atoms with Crippen molar-refractivity contribution >= 4 is 11.8 Å². The van der Waals surface area contributed by atoms with Gasteiger partial charge >= 0.3 is 5.97 Å². The zero-order valence-corrected chi connectivity index (χ0v) is 11.2. The molecule has 0 radical (unpaired) electrons. The standard InChI is InChI=1S/C15H17NO3/c1-3-19-14(18)15(2,11-16)10-9-13(17)12-7-5-4-6-8-12/h4-8H,3,9-10H2,1-2H3. The van der Waals surface area contributed by atoms with Gasteiger partial charge in [0.2, 0.25) is 0 Å². The third kappa shape index (κ3) is 3.92. The Hall–Kier alpha value is -2.15. The summed E-state index contributed by atoms with van der Waals surface area (Å²) in [7, 11) is 0. The van der Waals surface area contributed by atoms with Crippen LogP contribution in [0.25, 0.3) is 0 Å². The quantitative estimate of drug-likeness (QED) is 0.582. The van der Waals surface area contributed by atoms with Crippen molar-refractivity contribution in [2.45, 2.75) is 26.7 Å². The Kier molecular flexibility index (Phi) is 5.25. The minimum atomic E-state index is -1.26. The highest BCUT2D eigenvalue weighted by atomic mass is 16.5. The Bertz CT molecular complexity index is 490. The number of nitrogens with zero attached hydrogens (tertiary/aromatic N) is 1. The number of hydrogen-bond acceptors (Lipinski definition) is 4. The lowest BCUT2D eigenvalue weighted by molar-refractivity contribution is -0.151. The lowest BCUT2D eigenvalue weighted by Gasteiger charge is -2.18. The third-order valence-electron chi connectivity index (χ3n) is 2.92. The van der Waals surface area contributed by atoms with E-state index in [1.54, 1.807) is 31.2 Å². The van der Waals surface area contributed by atoms with Crippen LogP contribution in [0.4, 0.5) is 0 Å². The molecular formula is C15H17NO3. The first-order chi connectivity index (χ1) is 9.03. The molecule has 0 spiro atoms.